The van der Waals surface area contributed by atoms with Crippen LogP contribution in [0.3, 0.4) is 0 Å². The maximum absolute atomic E-state index is 12.5. The van der Waals surface area contributed by atoms with Gasteiger partial charge in [-0.1, -0.05) is 30.7 Å². The van der Waals surface area contributed by atoms with Crippen LogP contribution in [0.2, 0.25) is 0 Å². The molecule has 1 heterocycles. The molecule has 1 aliphatic heterocycles. The van der Waals surface area contributed by atoms with Crippen LogP contribution in [0.15, 0.2) is 40.8 Å². The van der Waals surface area contributed by atoms with E-state index in [1.165, 1.54) is 5.57 Å². The molecule has 0 fully saturated rings. The fraction of sp³-hybridized carbons (Fsp3) is 0.500. The Labute approximate surface area is 127 Å². The van der Waals surface area contributed by atoms with E-state index in [1.807, 2.05) is 25.1 Å². The molecule has 21 heavy (non-hydrogen) atoms. The lowest BCUT2D eigenvalue weighted by molar-refractivity contribution is 0.431. The Morgan fingerprint density at radius 3 is 2.52 bits per heavy atom. The minimum absolute atomic E-state index is 0.384. The van der Waals surface area contributed by atoms with E-state index in [0.29, 0.717) is 18.0 Å². The highest BCUT2D eigenvalue weighted by Crippen LogP contribution is 2.20. The minimum atomic E-state index is -3.36. The van der Waals surface area contributed by atoms with Crippen LogP contribution in [0.4, 0.5) is 0 Å². The number of hydrogen-bond acceptors (Lipinski definition) is 3. The van der Waals surface area contributed by atoms with E-state index in [0.717, 1.165) is 31.5 Å². The Hall–Kier alpha value is -1.17. The highest BCUT2D eigenvalue weighted by Gasteiger charge is 2.25. The topological polar surface area (TPSA) is 49.4 Å². The first-order chi connectivity index (χ1) is 10.0. The fourth-order valence-corrected chi connectivity index (χ4v) is 3.69. The van der Waals surface area contributed by atoms with Crippen LogP contribution in [-0.2, 0) is 16.6 Å². The first-order valence-electron chi connectivity index (χ1n) is 7.49. The molecule has 1 aromatic rings. The van der Waals surface area contributed by atoms with Crippen molar-refractivity contribution in [1.29, 1.82) is 0 Å². The summed E-state index contributed by atoms with van der Waals surface area (Å²) in [5, 5.41) is 3.31. The monoisotopic (exact) mass is 308 g/mol. The van der Waals surface area contributed by atoms with Crippen LogP contribution >= 0.6 is 0 Å². The third kappa shape index (κ3) is 4.15. The van der Waals surface area contributed by atoms with Crippen molar-refractivity contribution in [1.82, 2.24) is 9.62 Å². The third-order valence-electron chi connectivity index (χ3n) is 3.72. The maximum atomic E-state index is 12.5. The zero-order valence-corrected chi connectivity index (χ0v) is 13.6. The fourth-order valence-electron chi connectivity index (χ4n) is 2.31. The molecule has 0 radical (unpaired) electrons. The molecule has 0 aromatic heterocycles. The lowest BCUT2D eigenvalue weighted by Crippen LogP contribution is -2.34. The summed E-state index contributed by atoms with van der Waals surface area (Å²) in [5.74, 6) is 0. The number of nitrogens with zero attached hydrogens (tertiary/aromatic N) is 1. The van der Waals surface area contributed by atoms with Crippen LogP contribution in [0.1, 0.15) is 32.3 Å². The molecule has 0 saturated heterocycles. The van der Waals surface area contributed by atoms with Gasteiger partial charge in [0.15, 0.2) is 0 Å². The largest absolute Gasteiger partial charge is 0.313 e. The molecule has 0 unspecified atom stereocenters. The summed E-state index contributed by atoms with van der Waals surface area (Å²) in [7, 11) is -3.36. The van der Waals surface area contributed by atoms with Crippen LogP contribution in [0.5, 0.6) is 0 Å². The Morgan fingerprint density at radius 2 is 1.95 bits per heavy atom. The van der Waals surface area contributed by atoms with E-state index in [2.05, 4.69) is 12.2 Å². The Bertz CT molecular complexity index is 591. The molecular formula is C16H24N2O2S. The SMILES string of the molecule is CCCNCc1ccc(S(=O)(=O)N2CC=C(C)CC2)cc1. The highest BCUT2D eigenvalue weighted by atomic mass is 32.2. The van der Waals surface area contributed by atoms with Crippen molar-refractivity contribution in [2.24, 2.45) is 0 Å². The summed E-state index contributed by atoms with van der Waals surface area (Å²) in [6, 6.07) is 7.20. The van der Waals surface area contributed by atoms with Gasteiger partial charge in [0.2, 0.25) is 10.0 Å². The minimum Gasteiger partial charge on any atom is -0.313 e. The van der Waals surface area contributed by atoms with Gasteiger partial charge in [0, 0.05) is 19.6 Å². The Morgan fingerprint density at radius 1 is 1.24 bits per heavy atom. The summed E-state index contributed by atoms with van der Waals surface area (Å²) >= 11 is 0. The summed E-state index contributed by atoms with van der Waals surface area (Å²) in [6.45, 7) is 6.97. The zero-order chi connectivity index (χ0) is 15.3. The smallest absolute Gasteiger partial charge is 0.243 e. The van der Waals surface area contributed by atoms with Crippen molar-refractivity contribution in [3.63, 3.8) is 0 Å². The first kappa shape index (κ1) is 16.2. The molecule has 4 nitrogen and oxygen atoms in total. The molecule has 2 rings (SSSR count). The average molecular weight is 308 g/mol. The van der Waals surface area contributed by atoms with Gasteiger partial charge in [0.05, 0.1) is 4.90 Å². The van der Waals surface area contributed by atoms with Crippen molar-refractivity contribution < 1.29 is 8.42 Å². The van der Waals surface area contributed by atoms with Gasteiger partial charge in [-0.15, -0.1) is 0 Å². The first-order valence-corrected chi connectivity index (χ1v) is 8.93. The number of sulfonamides is 1. The molecule has 0 aliphatic carbocycles. The van der Waals surface area contributed by atoms with E-state index in [9.17, 15) is 8.42 Å². The Balaban J connectivity index is 2.07. The molecule has 1 aromatic carbocycles. The van der Waals surface area contributed by atoms with E-state index >= 15 is 0 Å². The normalized spacial score (nSPS) is 16.8. The summed E-state index contributed by atoms with van der Waals surface area (Å²) < 4.78 is 26.6. The van der Waals surface area contributed by atoms with Gasteiger partial charge in [-0.25, -0.2) is 8.42 Å². The predicted octanol–water partition coefficient (Wildman–Crippen LogP) is 2.53. The summed E-state index contributed by atoms with van der Waals surface area (Å²) in [4.78, 5) is 0.384. The lowest BCUT2D eigenvalue weighted by atomic mass is 10.1. The van der Waals surface area contributed by atoms with Gasteiger partial charge in [0.25, 0.3) is 0 Å². The number of benzene rings is 1. The molecule has 0 atom stereocenters. The van der Waals surface area contributed by atoms with Crippen molar-refractivity contribution in [3.8, 4) is 0 Å². The molecule has 1 N–H and O–H groups in total. The van der Waals surface area contributed by atoms with Gasteiger partial charge in [-0.3, -0.25) is 0 Å². The summed E-state index contributed by atoms with van der Waals surface area (Å²) in [6.07, 6.45) is 3.90. The van der Waals surface area contributed by atoms with Gasteiger partial charge in [-0.05, 0) is 44.0 Å². The maximum Gasteiger partial charge on any atom is 0.243 e. The number of rotatable bonds is 6. The van der Waals surface area contributed by atoms with E-state index < -0.39 is 10.0 Å². The average Bonchev–Trinajstić information content (AvgIpc) is 2.48. The quantitative estimate of drug-likeness (QED) is 0.649. The van der Waals surface area contributed by atoms with Crippen LogP contribution in [0, 0.1) is 0 Å². The molecule has 1 aliphatic rings. The van der Waals surface area contributed by atoms with Crippen LogP contribution < -0.4 is 5.32 Å². The van der Waals surface area contributed by atoms with E-state index in [-0.39, 0.29) is 0 Å². The molecule has 0 bridgehead atoms. The second-order valence-electron chi connectivity index (χ2n) is 5.48. The van der Waals surface area contributed by atoms with E-state index in [4.69, 9.17) is 0 Å². The molecular weight excluding hydrogens is 284 g/mol. The number of hydrogen-bond donors (Lipinski definition) is 1. The standard InChI is InChI=1S/C16H24N2O2S/c1-3-10-17-13-15-4-6-16(7-5-15)21(19,20)18-11-8-14(2)9-12-18/h4-8,17H,3,9-13H2,1-2H3. The molecule has 116 valence electrons. The molecule has 5 heteroatoms. The van der Waals surface area contributed by atoms with E-state index in [1.54, 1.807) is 16.4 Å². The second-order valence-corrected chi connectivity index (χ2v) is 7.42. The van der Waals surface area contributed by atoms with Gasteiger partial charge >= 0.3 is 0 Å². The third-order valence-corrected chi connectivity index (χ3v) is 5.60. The molecule has 0 amide bonds. The van der Waals surface area contributed by atoms with Gasteiger partial charge in [0.1, 0.15) is 0 Å². The van der Waals surface area contributed by atoms with Crippen molar-refractivity contribution >= 4 is 10.0 Å². The van der Waals surface area contributed by atoms with Gasteiger partial charge < -0.3 is 5.32 Å². The summed E-state index contributed by atoms with van der Waals surface area (Å²) in [5.41, 5.74) is 2.37. The van der Waals surface area contributed by atoms with Crippen molar-refractivity contribution in [3.05, 3.63) is 41.5 Å². The van der Waals surface area contributed by atoms with Crippen molar-refractivity contribution in [2.45, 2.75) is 38.1 Å². The van der Waals surface area contributed by atoms with Crippen LogP contribution in [-0.4, -0.2) is 32.4 Å². The Kier molecular flexibility index (Phi) is 5.56. The highest BCUT2D eigenvalue weighted by molar-refractivity contribution is 7.89. The molecule has 0 spiro atoms. The second kappa shape index (κ2) is 7.20. The predicted molar refractivity (Wildman–Crippen MR) is 85.6 cm³/mol. The molecule has 0 saturated carbocycles. The lowest BCUT2D eigenvalue weighted by Gasteiger charge is -2.24. The van der Waals surface area contributed by atoms with Crippen LogP contribution in [0.25, 0.3) is 0 Å². The zero-order valence-electron chi connectivity index (χ0n) is 12.8. The van der Waals surface area contributed by atoms with Gasteiger partial charge in [-0.2, -0.15) is 4.31 Å². The van der Waals surface area contributed by atoms with Crippen molar-refractivity contribution in [2.75, 3.05) is 19.6 Å². The number of nitrogens with one attached hydrogen (secondary N) is 1.